The summed E-state index contributed by atoms with van der Waals surface area (Å²) in [4.78, 5) is 0. The Morgan fingerprint density at radius 3 is 1.94 bits per heavy atom. The quantitative estimate of drug-likeness (QED) is 0.662. The smallest absolute Gasteiger partial charge is 0.0635 e. The van der Waals surface area contributed by atoms with Crippen molar-refractivity contribution in [2.45, 2.75) is 60.5 Å². The Labute approximate surface area is 114 Å². The Morgan fingerprint density at radius 2 is 1.44 bits per heavy atom. The molecule has 0 N–H and O–H groups in total. The minimum Gasteiger partial charge on any atom is -0.378 e. The zero-order chi connectivity index (χ0) is 13.4. The molecule has 0 aromatic heterocycles. The van der Waals surface area contributed by atoms with Crippen LogP contribution in [0.1, 0.15) is 54.4 Å². The van der Waals surface area contributed by atoms with Crippen molar-refractivity contribution in [3.05, 3.63) is 0 Å². The molecule has 0 amide bonds. The topological polar surface area (TPSA) is 9.23 Å². The first-order valence-electron chi connectivity index (χ1n) is 8.23. The van der Waals surface area contributed by atoms with Crippen molar-refractivity contribution >= 4 is 0 Å². The maximum absolute atomic E-state index is 6.06. The van der Waals surface area contributed by atoms with E-state index in [9.17, 15) is 0 Å². The summed E-state index contributed by atoms with van der Waals surface area (Å²) >= 11 is 0. The number of hydrogen-bond acceptors (Lipinski definition) is 1. The Morgan fingerprint density at radius 1 is 0.833 bits per heavy atom. The average Bonchev–Trinajstić information content (AvgIpc) is 3.00. The molecule has 1 nitrogen and oxygen atoms in total. The lowest BCUT2D eigenvalue weighted by atomic mass is 9.67. The van der Waals surface area contributed by atoms with E-state index in [1.165, 1.54) is 12.8 Å². The molecule has 3 rings (SSSR count). The van der Waals surface area contributed by atoms with E-state index in [0.29, 0.717) is 6.10 Å². The van der Waals surface area contributed by atoms with Crippen molar-refractivity contribution in [3.63, 3.8) is 0 Å². The SMILES string of the molecule is CC.CC1CCOC1C1C(C)C2CC1C(C)C2C. The van der Waals surface area contributed by atoms with Crippen molar-refractivity contribution < 1.29 is 4.74 Å². The second kappa shape index (κ2) is 5.53. The van der Waals surface area contributed by atoms with Gasteiger partial charge in [-0.2, -0.15) is 0 Å². The van der Waals surface area contributed by atoms with Gasteiger partial charge in [-0.15, -0.1) is 0 Å². The van der Waals surface area contributed by atoms with Crippen LogP contribution < -0.4 is 0 Å². The van der Waals surface area contributed by atoms with Crippen LogP contribution in [0.4, 0.5) is 0 Å². The summed E-state index contributed by atoms with van der Waals surface area (Å²) in [5.41, 5.74) is 0. The van der Waals surface area contributed by atoms with Crippen LogP contribution in [-0.2, 0) is 4.74 Å². The maximum Gasteiger partial charge on any atom is 0.0635 e. The molecule has 1 heterocycles. The Hall–Kier alpha value is -0.0400. The maximum atomic E-state index is 6.06. The van der Waals surface area contributed by atoms with Gasteiger partial charge in [0.2, 0.25) is 0 Å². The molecule has 2 saturated carbocycles. The largest absolute Gasteiger partial charge is 0.378 e. The molecule has 1 aliphatic heterocycles. The normalized spacial score (nSPS) is 54.3. The zero-order valence-electron chi connectivity index (χ0n) is 13.1. The average molecular weight is 252 g/mol. The van der Waals surface area contributed by atoms with Crippen LogP contribution in [0.3, 0.4) is 0 Å². The molecule has 1 saturated heterocycles. The van der Waals surface area contributed by atoms with Gasteiger partial charge < -0.3 is 4.74 Å². The monoisotopic (exact) mass is 252 g/mol. The molecule has 0 aromatic rings. The fraction of sp³-hybridized carbons (Fsp3) is 1.00. The van der Waals surface area contributed by atoms with Crippen molar-refractivity contribution in [3.8, 4) is 0 Å². The molecule has 106 valence electrons. The Balaban J connectivity index is 0.000000574. The highest BCUT2D eigenvalue weighted by Crippen LogP contribution is 2.60. The molecule has 18 heavy (non-hydrogen) atoms. The van der Waals surface area contributed by atoms with E-state index >= 15 is 0 Å². The molecule has 0 radical (unpaired) electrons. The van der Waals surface area contributed by atoms with Gasteiger partial charge in [0.1, 0.15) is 0 Å². The van der Waals surface area contributed by atoms with Gasteiger partial charge in [0.25, 0.3) is 0 Å². The van der Waals surface area contributed by atoms with Crippen LogP contribution in [0.5, 0.6) is 0 Å². The summed E-state index contributed by atoms with van der Waals surface area (Å²) in [5.74, 6) is 6.40. The summed E-state index contributed by atoms with van der Waals surface area (Å²) in [6.45, 7) is 14.8. The third-order valence-corrected chi connectivity index (χ3v) is 6.32. The van der Waals surface area contributed by atoms with Crippen molar-refractivity contribution in [2.24, 2.45) is 41.4 Å². The molecular formula is C17H32O. The first-order valence-corrected chi connectivity index (χ1v) is 8.23. The van der Waals surface area contributed by atoms with Gasteiger partial charge in [0.15, 0.2) is 0 Å². The standard InChI is InChI=1S/C15H26O.C2H6/c1-8-5-6-16-15(8)14-11(4)12-7-13(14)10(3)9(12)2;1-2/h8-15H,5-7H2,1-4H3;1-2H3. The van der Waals surface area contributed by atoms with Gasteiger partial charge in [-0.1, -0.05) is 41.5 Å². The fourth-order valence-corrected chi connectivity index (χ4v) is 5.15. The molecule has 3 fully saturated rings. The number of fused-ring (bicyclic) bond motifs is 2. The van der Waals surface area contributed by atoms with Crippen molar-refractivity contribution in [2.75, 3.05) is 6.61 Å². The van der Waals surface area contributed by atoms with Gasteiger partial charge >= 0.3 is 0 Å². The Bertz CT molecular complexity index is 275. The molecule has 0 aromatic carbocycles. The lowest BCUT2D eigenvalue weighted by molar-refractivity contribution is -0.0214. The third-order valence-electron chi connectivity index (χ3n) is 6.32. The van der Waals surface area contributed by atoms with Gasteiger partial charge in [-0.25, -0.2) is 0 Å². The van der Waals surface area contributed by atoms with E-state index in [1.54, 1.807) is 0 Å². The van der Waals surface area contributed by atoms with Crippen LogP contribution in [0.25, 0.3) is 0 Å². The fourth-order valence-electron chi connectivity index (χ4n) is 5.15. The van der Waals surface area contributed by atoms with E-state index in [0.717, 1.165) is 48.0 Å². The van der Waals surface area contributed by atoms with Gasteiger partial charge in [0.05, 0.1) is 6.10 Å². The molecule has 3 aliphatic rings. The molecule has 2 bridgehead atoms. The summed E-state index contributed by atoms with van der Waals surface area (Å²) in [6.07, 6.45) is 3.36. The van der Waals surface area contributed by atoms with Crippen LogP contribution >= 0.6 is 0 Å². The van der Waals surface area contributed by atoms with Gasteiger partial charge in [0, 0.05) is 6.61 Å². The van der Waals surface area contributed by atoms with E-state index < -0.39 is 0 Å². The molecule has 1 heteroatoms. The van der Waals surface area contributed by atoms with Crippen molar-refractivity contribution in [1.29, 1.82) is 0 Å². The van der Waals surface area contributed by atoms with E-state index in [-0.39, 0.29) is 0 Å². The molecule has 2 aliphatic carbocycles. The summed E-state index contributed by atoms with van der Waals surface area (Å²) in [7, 11) is 0. The van der Waals surface area contributed by atoms with Gasteiger partial charge in [-0.3, -0.25) is 0 Å². The number of rotatable bonds is 1. The molecule has 0 spiro atoms. The van der Waals surface area contributed by atoms with E-state index in [4.69, 9.17) is 4.74 Å². The highest BCUT2D eigenvalue weighted by molar-refractivity contribution is 5.04. The predicted octanol–water partition coefficient (Wildman–Crippen LogP) is 4.61. The minimum atomic E-state index is 0.583. The van der Waals surface area contributed by atoms with Crippen LogP contribution in [0.2, 0.25) is 0 Å². The number of ether oxygens (including phenoxy) is 1. The van der Waals surface area contributed by atoms with Crippen molar-refractivity contribution in [1.82, 2.24) is 0 Å². The van der Waals surface area contributed by atoms with Crippen LogP contribution in [-0.4, -0.2) is 12.7 Å². The molecule has 8 unspecified atom stereocenters. The zero-order valence-corrected chi connectivity index (χ0v) is 13.1. The van der Waals surface area contributed by atoms with Gasteiger partial charge in [-0.05, 0) is 54.3 Å². The first kappa shape index (κ1) is 14.4. The summed E-state index contributed by atoms with van der Waals surface area (Å²) in [6, 6.07) is 0. The lowest BCUT2D eigenvalue weighted by Gasteiger charge is -2.40. The first-order chi connectivity index (χ1) is 8.61. The number of hydrogen-bond donors (Lipinski definition) is 0. The molecule has 8 atom stereocenters. The van der Waals surface area contributed by atoms with E-state index in [2.05, 4.69) is 27.7 Å². The van der Waals surface area contributed by atoms with E-state index in [1.807, 2.05) is 13.8 Å². The Kier molecular flexibility index (Phi) is 4.41. The minimum absolute atomic E-state index is 0.583. The highest BCUT2D eigenvalue weighted by Gasteiger charge is 2.56. The summed E-state index contributed by atoms with van der Waals surface area (Å²) in [5, 5.41) is 0. The molecular weight excluding hydrogens is 220 g/mol. The second-order valence-corrected chi connectivity index (χ2v) is 6.82. The lowest BCUT2D eigenvalue weighted by Crippen LogP contribution is -2.39. The van der Waals surface area contributed by atoms with Crippen LogP contribution in [0, 0.1) is 41.4 Å². The highest BCUT2D eigenvalue weighted by atomic mass is 16.5. The predicted molar refractivity (Wildman–Crippen MR) is 77.4 cm³/mol. The van der Waals surface area contributed by atoms with Crippen LogP contribution in [0.15, 0.2) is 0 Å². The third kappa shape index (κ3) is 2.03. The summed E-state index contributed by atoms with van der Waals surface area (Å²) < 4.78 is 6.06. The second-order valence-electron chi connectivity index (χ2n) is 6.82.